The third-order valence-corrected chi connectivity index (χ3v) is 2.59. The number of ether oxygens (including phenoxy) is 1. The first-order valence-electron chi connectivity index (χ1n) is 5.55. The maximum atomic E-state index is 5.64. The van der Waals surface area contributed by atoms with Gasteiger partial charge in [-0.3, -0.25) is 4.99 Å². The van der Waals surface area contributed by atoms with E-state index in [0.717, 1.165) is 44.9 Å². The van der Waals surface area contributed by atoms with E-state index in [1.807, 2.05) is 0 Å². The molecule has 4 nitrogen and oxygen atoms in total. The lowest BCUT2D eigenvalue weighted by atomic mass is 9.97. The second-order valence-electron chi connectivity index (χ2n) is 3.78. The van der Waals surface area contributed by atoms with Gasteiger partial charge in [-0.25, -0.2) is 0 Å². The molecule has 3 N–H and O–H groups in total. The molecule has 86 valence electrons. The fraction of sp³-hybridized carbons (Fsp3) is 0.727. The standard InChI is InChI=1S/C11H21N3O/c1-2-6-13-11(12)14-7-3-10-4-8-15-9-5-10/h2,10H,1,3-9H2,(H3,12,13,14). The largest absolute Gasteiger partial charge is 0.381 e. The van der Waals surface area contributed by atoms with Gasteiger partial charge in [0.2, 0.25) is 0 Å². The molecular weight excluding hydrogens is 190 g/mol. The summed E-state index contributed by atoms with van der Waals surface area (Å²) in [6, 6.07) is 0. The molecule has 0 atom stereocenters. The summed E-state index contributed by atoms with van der Waals surface area (Å²) in [5.74, 6) is 1.27. The Morgan fingerprint density at radius 1 is 1.53 bits per heavy atom. The van der Waals surface area contributed by atoms with Crippen LogP contribution < -0.4 is 11.1 Å². The maximum absolute atomic E-state index is 5.64. The fourth-order valence-electron chi connectivity index (χ4n) is 1.64. The van der Waals surface area contributed by atoms with Crippen LogP contribution in [-0.2, 0) is 4.74 Å². The zero-order valence-corrected chi connectivity index (χ0v) is 9.24. The molecule has 0 aliphatic carbocycles. The fourth-order valence-corrected chi connectivity index (χ4v) is 1.64. The van der Waals surface area contributed by atoms with E-state index in [4.69, 9.17) is 10.5 Å². The van der Waals surface area contributed by atoms with Crippen molar-refractivity contribution in [2.75, 3.05) is 26.3 Å². The second kappa shape index (κ2) is 7.29. The van der Waals surface area contributed by atoms with Gasteiger partial charge >= 0.3 is 0 Å². The Morgan fingerprint density at radius 3 is 2.93 bits per heavy atom. The average Bonchev–Trinajstić information content (AvgIpc) is 2.28. The Labute approximate surface area is 91.6 Å². The molecule has 0 aromatic rings. The minimum atomic E-state index is 0.516. The summed E-state index contributed by atoms with van der Waals surface area (Å²) in [4.78, 5) is 4.25. The van der Waals surface area contributed by atoms with Crippen molar-refractivity contribution in [2.24, 2.45) is 16.6 Å². The maximum Gasteiger partial charge on any atom is 0.188 e. The quantitative estimate of drug-likeness (QED) is 0.403. The second-order valence-corrected chi connectivity index (χ2v) is 3.78. The van der Waals surface area contributed by atoms with Gasteiger partial charge in [-0.05, 0) is 25.2 Å². The molecule has 4 heteroatoms. The van der Waals surface area contributed by atoms with E-state index in [9.17, 15) is 0 Å². The van der Waals surface area contributed by atoms with Crippen LogP contribution in [0.15, 0.2) is 17.6 Å². The first-order valence-corrected chi connectivity index (χ1v) is 5.55. The van der Waals surface area contributed by atoms with Crippen molar-refractivity contribution in [1.29, 1.82) is 0 Å². The van der Waals surface area contributed by atoms with Gasteiger partial charge in [-0.15, -0.1) is 6.58 Å². The number of nitrogens with two attached hydrogens (primary N) is 1. The molecule has 0 aromatic heterocycles. The molecule has 0 unspecified atom stereocenters. The van der Waals surface area contributed by atoms with Crippen LogP contribution in [0.1, 0.15) is 19.3 Å². The van der Waals surface area contributed by atoms with Crippen molar-refractivity contribution in [3.8, 4) is 0 Å². The topological polar surface area (TPSA) is 59.6 Å². The Hall–Kier alpha value is -1.03. The molecule has 0 aromatic carbocycles. The molecule has 1 rings (SSSR count). The van der Waals surface area contributed by atoms with Crippen LogP contribution in [0.5, 0.6) is 0 Å². The van der Waals surface area contributed by atoms with Crippen molar-refractivity contribution in [1.82, 2.24) is 5.32 Å². The highest BCUT2D eigenvalue weighted by Gasteiger charge is 2.12. The van der Waals surface area contributed by atoms with Crippen LogP contribution in [0.25, 0.3) is 0 Å². The average molecular weight is 211 g/mol. The number of guanidine groups is 1. The van der Waals surface area contributed by atoms with Gasteiger partial charge in [0.25, 0.3) is 0 Å². The van der Waals surface area contributed by atoms with Crippen molar-refractivity contribution in [3.63, 3.8) is 0 Å². The molecule has 1 saturated heterocycles. The lowest BCUT2D eigenvalue weighted by Crippen LogP contribution is -2.32. The van der Waals surface area contributed by atoms with Crippen molar-refractivity contribution in [2.45, 2.75) is 19.3 Å². The molecule has 15 heavy (non-hydrogen) atoms. The van der Waals surface area contributed by atoms with Gasteiger partial charge in [0.15, 0.2) is 5.96 Å². The summed E-state index contributed by atoms with van der Waals surface area (Å²) in [6.07, 6.45) is 5.20. The number of nitrogens with zero attached hydrogens (tertiary/aromatic N) is 1. The molecule has 0 spiro atoms. The Bertz CT molecular complexity index is 210. The number of hydrogen-bond donors (Lipinski definition) is 2. The van der Waals surface area contributed by atoms with Crippen LogP contribution >= 0.6 is 0 Å². The summed E-state index contributed by atoms with van der Waals surface area (Å²) in [5.41, 5.74) is 5.64. The van der Waals surface area contributed by atoms with E-state index < -0.39 is 0 Å². The SMILES string of the molecule is C=CCNC(N)=NCCC1CCOCC1. The third-order valence-electron chi connectivity index (χ3n) is 2.59. The number of hydrogen-bond acceptors (Lipinski definition) is 2. The van der Waals surface area contributed by atoms with E-state index in [0.29, 0.717) is 12.5 Å². The van der Waals surface area contributed by atoms with Crippen LogP contribution in [-0.4, -0.2) is 32.3 Å². The van der Waals surface area contributed by atoms with Crippen molar-refractivity contribution < 1.29 is 4.74 Å². The molecule has 1 aliphatic rings. The van der Waals surface area contributed by atoms with E-state index >= 15 is 0 Å². The molecule has 1 fully saturated rings. The van der Waals surface area contributed by atoms with Crippen LogP contribution in [0.2, 0.25) is 0 Å². The monoisotopic (exact) mass is 211 g/mol. The number of aliphatic imine (C=N–C) groups is 1. The summed E-state index contributed by atoms with van der Waals surface area (Å²) < 4.78 is 5.30. The minimum Gasteiger partial charge on any atom is -0.381 e. The summed E-state index contributed by atoms with van der Waals surface area (Å²) in [5, 5.41) is 2.96. The molecule has 0 bridgehead atoms. The first-order chi connectivity index (χ1) is 7.33. The number of nitrogens with one attached hydrogen (secondary N) is 1. The molecular formula is C11H21N3O. The normalized spacial score (nSPS) is 18.8. The Morgan fingerprint density at radius 2 is 2.27 bits per heavy atom. The summed E-state index contributed by atoms with van der Waals surface area (Å²) >= 11 is 0. The zero-order chi connectivity index (χ0) is 10.9. The van der Waals surface area contributed by atoms with Crippen molar-refractivity contribution in [3.05, 3.63) is 12.7 Å². The van der Waals surface area contributed by atoms with Crippen molar-refractivity contribution >= 4 is 5.96 Å². The van der Waals surface area contributed by atoms with Crippen LogP contribution in [0.4, 0.5) is 0 Å². The molecule has 0 saturated carbocycles. The van der Waals surface area contributed by atoms with Gasteiger partial charge in [-0.2, -0.15) is 0 Å². The number of rotatable bonds is 5. The highest BCUT2D eigenvalue weighted by Crippen LogP contribution is 2.17. The lowest BCUT2D eigenvalue weighted by molar-refractivity contribution is 0.0647. The summed E-state index contributed by atoms with van der Waals surface area (Å²) in [6.45, 7) is 6.88. The predicted molar refractivity (Wildman–Crippen MR) is 62.8 cm³/mol. The van der Waals surface area contributed by atoms with Gasteiger partial charge in [-0.1, -0.05) is 6.08 Å². The van der Waals surface area contributed by atoms with Gasteiger partial charge in [0.05, 0.1) is 0 Å². The molecule has 0 amide bonds. The van der Waals surface area contributed by atoms with E-state index in [1.165, 1.54) is 0 Å². The Balaban J connectivity index is 2.10. The predicted octanol–water partition coefficient (Wildman–Crippen LogP) is 0.893. The van der Waals surface area contributed by atoms with Crippen LogP contribution in [0, 0.1) is 5.92 Å². The third kappa shape index (κ3) is 5.42. The molecule has 1 heterocycles. The minimum absolute atomic E-state index is 0.516. The molecule has 1 aliphatic heterocycles. The lowest BCUT2D eigenvalue weighted by Gasteiger charge is -2.20. The first kappa shape index (κ1) is 12.0. The highest BCUT2D eigenvalue weighted by molar-refractivity contribution is 5.77. The highest BCUT2D eigenvalue weighted by atomic mass is 16.5. The summed E-state index contributed by atoms with van der Waals surface area (Å²) in [7, 11) is 0. The van der Waals surface area contributed by atoms with E-state index in [1.54, 1.807) is 6.08 Å². The Kier molecular flexibility index (Phi) is 5.85. The van der Waals surface area contributed by atoms with Gasteiger partial charge in [0.1, 0.15) is 0 Å². The van der Waals surface area contributed by atoms with Gasteiger partial charge in [0, 0.05) is 26.3 Å². The zero-order valence-electron chi connectivity index (χ0n) is 9.24. The smallest absolute Gasteiger partial charge is 0.188 e. The van der Waals surface area contributed by atoms with E-state index in [-0.39, 0.29) is 0 Å². The van der Waals surface area contributed by atoms with Gasteiger partial charge < -0.3 is 15.8 Å². The molecule has 0 radical (unpaired) electrons. The van der Waals surface area contributed by atoms with E-state index in [2.05, 4.69) is 16.9 Å². The van der Waals surface area contributed by atoms with Crippen LogP contribution in [0.3, 0.4) is 0 Å².